The number of amidine groups is 1. The van der Waals surface area contributed by atoms with Crippen LogP contribution >= 0.6 is 0 Å². The van der Waals surface area contributed by atoms with Crippen molar-refractivity contribution in [1.82, 2.24) is 15.7 Å². The number of nitrogens with one attached hydrogen (secondary N) is 3. The van der Waals surface area contributed by atoms with Crippen LogP contribution in [0.4, 0.5) is 19.0 Å². The Morgan fingerprint density at radius 3 is 2.60 bits per heavy atom. The number of benzene rings is 1. The first kappa shape index (κ1) is 27.8. The maximum Gasteiger partial charge on any atom is 0.419 e. The summed E-state index contributed by atoms with van der Waals surface area (Å²) in [6.07, 6.45) is 3.21. The molecule has 10 nitrogen and oxygen atoms in total. The fourth-order valence-corrected chi connectivity index (χ4v) is 3.98. The molecular weight excluding hydrogens is 527 g/mol. The van der Waals surface area contributed by atoms with Crippen molar-refractivity contribution in [3.63, 3.8) is 0 Å². The number of rotatable bonds is 8. The Labute approximate surface area is 226 Å². The maximum atomic E-state index is 14.0. The first-order valence-corrected chi connectivity index (χ1v) is 11.9. The van der Waals surface area contributed by atoms with Crippen LogP contribution in [-0.2, 0) is 9.53 Å². The average Bonchev–Trinajstić information content (AvgIpc) is 3.36. The summed E-state index contributed by atoms with van der Waals surface area (Å²) in [5.74, 6) is -1.61. The van der Waals surface area contributed by atoms with E-state index in [1.165, 1.54) is 42.6 Å². The highest BCUT2D eigenvalue weighted by atomic mass is 19.4. The number of halogens is 3. The van der Waals surface area contributed by atoms with Gasteiger partial charge in [-0.25, -0.2) is 10.4 Å². The van der Waals surface area contributed by atoms with E-state index in [0.717, 1.165) is 12.3 Å². The molecule has 40 heavy (non-hydrogen) atoms. The van der Waals surface area contributed by atoms with Crippen LogP contribution in [-0.4, -0.2) is 41.6 Å². The van der Waals surface area contributed by atoms with Gasteiger partial charge in [-0.15, -0.1) is 0 Å². The van der Waals surface area contributed by atoms with Crippen LogP contribution in [0, 0.1) is 11.3 Å². The Hall–Kier alpha value is -5.20. The van der Waals surface area contributed by atoms with Gasteiger partial charge in [-0.2, -0.15) is 18.3 Å². The van der Waals surface area contributed by atoms with E-state index in [4.69, 9.17) is 21.6 Å². The second kappa shape index (κ2) is 11.7. The number of alkyl halides is 3. The fraction of sp³-hybridized carbons (Fsp3) is 0.148. The molecule has 0 bridgehead atoms. The molecule has 0 saturated heterocycles. The summed E-state index contributed by atoms with van der Waals surface area (Å²) >= 11 is 0. The zero-order valence-corrected chi connectivity index (χ0v) is 20.8. The Morgan fingerprint density at radius 1 is 1.20 bits per heavy atom. The molecule has 2 amide bonds. The van der Waals surface area contributed by atoms with Gasteiger partial charge in [0.25, 0.3) is 5.91 Å². The lowest BCUT2D eigenvalue weighted by atomic mass is 9.85. The number of nitrogens with two attached hydrogens (primary N) is 2. The number of ether oxygens (including phenoxy) is 1. The Morgan fingerprint density at radius 2 is 1.95 bits per heavy atom. The molecule has 1 aliphatic carbocycles. The molecular formula is C27H24F3N7O3. The largest absolute Gasteiger partial charge is 0.463 e. The van der Waals surface area contributed by atoms with E-state index >= 15 is 0 Å². The number of fused-ring (bicyclic) bond motifs is 1. The minimum atomic E-state index is -4.67. The molecule has 2 aromatic rings. The lowest BCUT2D eigenvalue weighted by molar-refractivity contribution is -0.116. The fourth-order valence-electron chi connectivity index (χ4n) is 3.98. The molecule has 1 aromatic carbocycles. The Bertz CT molecular complexity index is 1470. The summed E-state index contributed by atoms with van der Waals surface area (Å²) in [5, 5.41) is 13.1. The molecule has 2 aliphatic rings. The van der Waals surface area contributed by atoms with Crippen LogP contribution < -0.4 is 22.2 Å². The number of carbonyl (C=O) groups excluding carboxylic acids is 2. The second-order valence-electron chi connectivity index (χ2n) is 8.76. The third-order valence-corrected chi connectivity index (χ3v) is 5.92. The molecule has 4 rings (SSSR count). The minimum Gasteiger partial charge on any atom is -0.463 e. The van der Waals surface area contributed by atoms with E-state index in [1.807, 2.05) is 0 Å². The SMILES string of the molecule is N=CC(N)=NNC(=O)c1ccc(C2=CC(C(F)(F)F)=C3OC(CNC(=O)C=Cc4ccc(N)nc4)=CC3C2)cc1. The summed E-state index contributed by atoms with van der Waals surface area (Å²) < 4.78 is 47.4. The van der Waals surface area contributed by atoms with Crippen molar-refractivity contribution in [3.05, 3.63) is 94.6 Å². The minimum absolute atomic E-state index is 0.0988. The maximum absolute atomic E-state index is 14.0. The number of nitrogen functional groups attached to an aromatic ring is 1. The molecule has 1 aliphatic heterocycles. The summed E-state index contributed by atoms with van der Waals surface area (Å²) in [6.45, 7) is -0.0988. The number of hydrazone groups is 1. The van der Waals surface area contributed by atoms with E-state index in [9.17, 15) is 22.8 Å². The van der Waals surface area contributed by atoms with Crippen LogP contribution in [0.2, 0.25) is 0 Å². The van der Waals surface area contributed by atoms with Crippen molar-refractivity contribution >= 4 is 41.3 Å². The second-order valence-corrected chi connectivity index (χ2v) is 8.76. The third kappa shape index (κ3) is 6.81. The molecule has 1 atom stereocenters. The molecule has 206 valence electrons. The number of amides is 2. The van der Waals surface area contributed by atoms with Crippen molar-refractivity contribution < 1.29 is 27.5 Å². The Balaban J connectivity index is 1.45. The highest BCUT2D eigenvalue weighted by Crippen LogP contribution is 2.45. The monoisotopic (exact) mass is 551 g/mol. The molecule has 2 heterocycles. The van der Waals surface area contributed by atoms with Crippen molar-refractivity contribution in [1.29, 1.82) is 5.41 Å². The molecule has 0 saturated carbocycles. The number of carbonyl (C=O) groups is 2. The lowest BCUT2D eigenvalue weighted by Crippen LogP contribution is -2.24. The van der Waals surface area contributed by atoms with E-state index in [1.54, 1.807) is 18.2 Å². The number of hydrogen-bond donors (Lipinski definition) is 5. The lowest BCUT2D eigenvalue weighted by Gasteiger charge is -2.23. The van der Waals surface area contributed by atoms with Gasteiger partial charge in [0.05, 0.1) is 18.3 Å². The van der Waals surface area contributed by atoms with Crippen LogP contribution in [0.3, 0.4) is 0 Å². The van der Waals surface area contributed by atoms with Crippen molar-refractivity contribution in [2.75, 3.05) is 12.3 Å². The van der Waals surface area contributed by atoms with Gasteiger partial charge in [0.15, 0.2) is 5.84 Å². The van der Waals surface area contributed by atoms with E-state index in [0.29, 0.717) is 22.5 Å². The van der Waals surface area contributed by atoms with Crippen molar-refractivity contribution in [2.45, 2.75) is 12.6 Å². The number of anilines is 1. The van der Waals surface area contributed by atoms with Crippen LogP contribution in [0.1, 0.15) is 27.9 Å². The normalized spacial score (nSPS) is 17.1. The van der Waals surface area contributed by atoms with Crippen molar-refractivity contribution in [3.8, 4) is 0 Å². The van der Waals surface area contributed by atoms with E-state index in [2.05, 4.69) is 20.8 Å². The first-order valence-electron chi connectivity index (χ1n) is 11.9. The third-order valence-electron chi connectivity index (χ3n) is 5.92. The predicted octanol–water partition coefficient (Wildman–Crippen LogP) is 3.28. The van der Waals surface area contributed by atoms with E-state index in [-0.39, 0.29) is 35.9 Å². The number of aromatic nitrogens is 1. The molecule has 0 spiro atoms. The summed E-state index contributed by atoms with van der Waals surface area (Å²) in [5.41, 5.74) is 13.9. The van der Waals surface area contributed by atoms with Gasteiger partial charge in [-0.3, -0.25) is 9.59 Å². The van der Waals surface area contributed by atoms with Crippen LogP contribution in [0.15, 0.2) is 83.0 Å². The van der Waals surface area contributed by atoms with E-state index < -0.39 is 29.5 Å². The van der Waals surface area contributed by atoms with Gasteiger partial charge >= 0.3 is 6.18 Å². The number of pyridine rings is 1. The molecule has 7 N–H and O–H groups in total. The summed E-state index contributed by atoms with van der Waals surface area (Å²) in [4.78, 5) is 28.3. The number of hydrogen-bond acceptors (Lipinski definition) is 7. The van der Waals surface area contributed by atoms with Crippen LogP contribution in [0.25, 0.3) is 11.6 Å². The standard InChI is InChI=1S/C27H24F3N7O3/c28-27(29,30)21-11-18(16-3-5-17(6-4-16)26(39)37-36-23(33)12-31)9-19-10-20(40-25(19)21)14-35-24(38)8-2-15-1-7-22(32)34-13-15/h1-8,10-13,19,31H,9,14H2,(H2,32,34)(H2,33,36)(H,35,38)(H,37,39). The molecule has 0 radical (unpaired) electrons. The topological polar surface area (TPSA) is 169 Å². The van der Waals surface area contributed by atoms with Gasteiger partial charge in [-0.05, 0) is 65.6 Å². The number of nitrogens with zero attached hydrogens (tertiary/aromatic N) is 2. The number of allylic oxidation sites excluding steroid dienone is 4. The molecule has 1 aromatic heterocycles. The average molecular weight is 552 g/mol. The zero-order valence-electron chi connectivity index (χ0n) is 20.8. The smallest absolute Gasteiger partial charge is 0.419 e. The first-order chi connectivity index (χ1) is 19.0. The predicted molar refractivity (Wildman–Crippen MR) is 143 cm³/mol. The van der Waals surface area contributed by atoms with Gasteiger partial charge in [0.2, 0.25) is 5.91 Å². The zero-order chi connectivity index (χ0) is 28.9. The van der Waals surface area contributed by atoms with Crippen LogP contribution in [0.5, 0.6) is 0 Å². The highest BCUT2D eigenvalue weighted by molar-refractivity contribution is 6.27. The summed E-state index contributed by atoms with van der Waals surface area (Å²) in [7, 11) is 0. The van der Waals surface area contributed by atoms with Gasteiger partial charge in [-0.1, -0.05) is 12.1 Å². The van der Waals surface area contributed by atoms with Gasteiger partial charge < -0.3 is 26.9 Å². The molecule has 13 heteroatoms. The summed E-state index contributed by atoms with van der Waals surface area (Å²) in [6, 6.07) is 9.24. The molecule has 0 fully saturated rings. The quantitative estimate of drug-likeness (QED) is 0.146. The van der Waals surface area contributed by atoms with Crippen molar-refractivity contribution in [2.24, 2.45) is 16.8 Å². The highest BCUT2D eigenvalue weighted by Gasteiger charge is 2.42. The van der Waals surface area contributed by atoms with Gasteiger partial charge in [0, 0.05) is 23.8 Å². The van der Waals surface area contributed by atoms with Gasteiger partial charge in [0.1, 0.15) is 17.3 Å². The molecule has 1 unspecified atom stereocenters. The Kier molecular flexibility index (Phi) is 8.12.